The Morgan fingerprint density at radius 1 is 1.08 bits per heavy atom. The van der Waals surface area contributed by atoms with E-state index in [0.29, 0.717) is 12.4 Å². The van der Waals surface area contributed by atoms with Gasteiger partial charge in [0, 0.05) is 11.1 Å². The molecule has 0 unspecified atom stereocenters. The van der Waals surface area contributed by atoms with Crippen LogP contribution in [0.1, 0.15) is 32.0 Å². The molecule has 0 spiro atoms. The number of rotatable bonds is 4. The Kier molecular flexibility index (Phi) is 4.30. The SMILES string of the molecule is CC(C)(C)c1cc(OCc2nocc2-c2ccccc2)ccc1O. The Balaban J connectivity index is 1.79. The van der Waals surface area contributed by atoms with Gasteiger partial charge >= 0.3 is 0 Å². The number of benzene rings is 2. The number of nitrogens with zero attached hydrogens (tertiary/aromatic N) is 1. The minimum absolute atomic E-state index is 0.160. The van der Waals surface area contributed by atoms with Crippen molar-refractivity contribution < 1.29 is 14.4 Å². The number of hydrogen-bond acceptors (Lipinski definition) is 4. The molecular formula is C20H21NO3. The first-order valence-electron chi connectivity index (χ1n) is 7.90. The van der Waals surface area contributed by atoms with Gasteiger partial charge in [-0.3, -0.25) is 0 Å². The van der Waals surface area contributed by atoms with Crippen LogP contribution in [0.15, 0.2) is 59.3 Å². The van der Waals surface area contributed by atoms with Crippen LogP contribution in [0, 0.1) is 0 Å². The number of aromatic hydroxyl groups is 1. The van der Waals surface area contributed by atoms with Crippen LogP contribution in [0.25, 0.3) is 11.1 Å². The van der Waals surface area contributed by atoms with Gasteiger partial charge in [-0.05, 0) is 29.2 Å². The Morgan fingerprint density at radius 2 is 1.83 bits per heavy atom. The molecule has 4 heteroatoms. The van der Waals surface area contributed by atoms with Crippen LogP contribution in [0.2, 0.25) is 0 Å². The monoisotopic (exact) mass is 323 g/mol. The van der Waals surface area contributed by atoms with Crippen molar-refractivity contribution in [2.45, 2.75) is 32.8 Å². The maximum absolute atomic E-state index is 10.0. The second kappa shape index (κ2) is 6.40. The fraction of sp³-hybridized carbons (Fsp3) is 0.250. The fourth-order valence-electron chi connectivity index (χ4n) is 2.57. The quantitative estimate of drug-likeness (QED) is 0.740. The van der Waals surface area contributed by atoms with Gasteiger partial charge < -0.3 is 14.4 Å². The molecule has 0 aliphatic rings. The number of hydrogen-bond donors (Lipinski definition) is 1. The van der Waals surface area contributed by atoms with E-state index in [2.05, 4.69) is 25.9 Å². The summed E-state index contributed by atoms with van der Waals surface area (Å²) in [7, 11) is 0. The molecule has 0 amide bonds. The van der Waals surface area contributed by atoms with E-state index in [-0.39, 0.29) is 11.2 Å². The lowest BCUT2D eigenvalue weighted by atomic mass is 9.86. The van der Waals surface area contributed by atoms with Crippen LogP contribution >= 0.6 is 0 Å². The molecule has 0 fully saturated rings. The van der Waals surface area contributed by atoms with Gasteiger partial charge in [0.1, 0.15) is 30.1 Å². The average molecular weight is 323 g/mol. The summed E-state index contributed by atoms with van der Waals surface area (Å²) in [6.45, 7) is 6.46. The molecule has 0 radical (unpaired) electrons. The molecule has 3 aromatic rings. The van der Waals surface area contributed by atoms with E-state index >= 15 is 0 Å². The molecule has 0 bridgehead atoms. The van der Waals surface area contributed by atoms with Crippen molar-refractivity contribution in [3.63, 3.8) is 0 Å². The molecule has 0 atom stereocenters. The first-order chi connectivity index (χ1) is 11.4. The highest BCUT2D eigenvalue weighted by Crippen LogP contribution is 2.34. The molecule has 1 N–H and O–H groups in total. The summed E-state index contributed by atoms with van der Waals surface area (Å²) in [5.41, 5.74) is 3.39. The number of aromatic nitrogens is 1. The lowest BCUT2D eigenvalue weighted by Gasteiger charge is -2.21. The summed E-state index contributed by atoms with van der Waals surface area (Å²) in [4.78, 5) is 0. The Bertz CT molecular complexity index is 816. The molecule has 24 heavy (non-hydrogen) atoms. The van der Waals surface area contributed by atoms with Crippen molar-refractivity contribution in [3.8, 4) is 22.6 Å². The van der Waals surface area contributed by atoms with Gasteiger partial charge in [-0.2, -0.15) is 0 Å². The van der Waals surface area contributed by atoms with Crippen molar-refractivity contribution in [2.75, 3.05) is 0 Å². The van der Waals surface area contributed by atoms with Crippen molar-refractivity contribution in [2.24, 2.45) is 0 Å². The van der Waals surface area contributed by atoms with E-state index in [9.17, 15) is 5.11 Å². The van der Waals surface area contributed by atoms with E-state index in [1.54, 1.807) is 18.4 Å². The molecular weight excluding hydrogens is 302 g/mol. The normalized spacial score (nSPS) is 11.5. The predicted octanol–water partition coefficient (Wildman–Crippen LogP) is 4.92. The Hall–Kier alpha value is -2.75. The van der Waals surface area contributed by atoms with E-state index < -0.39 is 0 Å². The van der Waals surface area contributed by atoms with E-state index in [4.69, 9.17) is 9.26 Å². The summed E-state index contributed by atoms with van der Waals surface area (Å²) in [5.74, 6) is 0.973. The summed E-state index contributed by atoms with van der Waals surface area (Å²) in [6, 6.07) is 15.2. The summed E-state index contributed by atoms with van der Waals surface area (Å²) in [5, 5.41) is 14.1. The highest BCUT2D eigenvalue weighted by molar-refractivity contribution is 5.64. The van der Waals surface area contributed by atoms with Crippen LogP contribution < -0.4 is 4.74 Å². The molecule has 0 aliphatic heterocycles. The van der Waals surface area contributed by atoms with E-state index in [1.807, 2.05) is 36.4 Å². The molecule has 1 aromatic heterocycles. The summed E-state index contributed by atoms with van der Waals surface area (Å²) in [6.07, 6.45) is 1.63. The minimum atomic E-state index is -0.160. The number of phenolic OH excluding ortho intramolecular Hbond substituents is 1. The van der Waals surface area contributed by atoms with Gasteiger partial charge in [0.15, 0.2) is 0 Å². The molecule has 0 aliphatic carbocycles. The molecule has 3 rings (SSSR count). The fourth-order valence-corrected chi connectivity index (χ4v) is 2.57. The summed E-state index contributed by atoms with van der Waals surface area (Å²) >= 11 is 0. The Morgan fingerprint density at radius 3 is 2.54 bits per heavy atom. The first kappa shape index (κ1) is 16.1. The molecule has 0 saturated heterocycles. The zero-order valence-corrected chi connectivity index (χ0v) is 14.1. The average Bonchev–Trinajstić information content (AvgIpc) is 3.02. The first-order valence-corrected chi connectivity index (χ1v) is 7.90. The van der Waals surface area contributed by atoms with Crippen LogP contribution in [-0.4, -0.2) is 10.3 Å². The second-order valence-corrected chi connectivity index (χ2v) is 6.76. The maximum Gasteiger partial charge on any atom is 0.134 e. The predicted molar refractivity (Wildman–Crippen MR) is 93.1 cm³/mol. The number of phenols is 1. The lowest BCUT2D eigenvalue weighted by molar-refractivity contribution is 0.288. The highest BCUT2D eigenvalue weighted by Gasteiger charge is 2.19. The topological polar surface area (TPSA) is 55.5 Å². The van der Waals surface area contributed by atoms with Crippen LogP contribution in [0.3, 0.4) is 0 Å². The zero-order chi connectivity index (χ0) is 17.2. The Labute approximate surface area is 141 Å². The van der Waals surface area contributed by atoms with E-state index in [0.717, 1.165) is 22.4 Å². The van der Waals surface area contributed by atoms with Crippen LogP contribution in [0.5, 0.6) is 11.5 Å². The van der Waals surface area contributed by atoms with Crippen molar-refractivity contribution >= 4 is 0 Å². The van der Waals surface area contributed by atoms with Crippen molar-refractivity contribution in [1.29, 1.82) is 0 Å². The third-order valence-corrected chi connectivity index (χ3v) is 3.88. The van der Waals surface area contributed by atoms with Crippen LogP contribution in [-0.2, 0) is 12.0 Å². The van der Waals surface area contributed by atoms with Gasteiger partial charge in [-0.1, -0.05) is 56.3 Å². The van der Waals surface area contributed by atoms with Crippen LogP contribution in [0.4, 0.5) is 0 Å². The lowest BCUT2D eigenvalue weighted by Crippen LogP contribution is -2.11. The third kappa shape index (κ3) is 3.43. The van der Waals surface area contributed by atoms with Crippen molar-refractivity contribution in [3.05, 3.63) is 66.1 Å². The molecule has 1 heterocycles. The molecule has 124 valence electrons. The van der Waals surface area contributed by atoms with Crippen molar-refractivity contribution in [1.82, 2.24) is 5.16 Å². The molecule has 4 nitrogen and oxygen atoms in total. The standard InChI is InChI=1S/C20H21NO3/c1-20(2,3)17-11-15(9-10-19(17)22)23-13-18-16(12-24-21-18)14-7-5-4-6-8-14/h4-12,22H,13H2,1-3H3. The van der Waals surface area contributed by atoms with E-state index in [1.165, 1.54) is 0 Å². The smallest absolute Gasteiger partial charge is 0.134 e. The third-order valence-electron chi connectivity index (χ3n) is 3.88. The highest BCUT2D eigenvalue weighted by atomic mass is 16.5. The van der Waals surface area contributed by atoms with Gasteiger partial charge in [-0.15, -0.1) is 0 Å². The maximum atomic E-state index is 10.0. The van der Waals surface area contributed by atoms with Gasteiger partial charge in [0.05, 0.1) is 0 Å². The minimum Gasteiger partial charge on any atom is -0.508 e. The molecule has 2 aromatic carbocycles. The largest absolute Gasteiger partial charge is 0.508 e. The second-order valence-electron chi connectivity index (χ2n) is 6.76. The zero-order valence-electron chi connectivity index (χ0n) is 14.1. The number of ether oxygens (including phenoxy) is 1. The van der Waals surface area contributed by atoms with Gasteiger partial charge in [-0.25, -0.2) is 0 Å². The molecule has 0 saturated carbocycles. The summed E-state index contributed by atoms with van der Waals surface area (Å²) < 4.78 is 11.0. The van der Waals surface area contributed by atoms with Gasteiger partial charge in [0.25, 0.3) is 0 Å². The van der Waals surface area contributed by atoms with Gasteiger partial charge in [0.2, 0.25) is 0 Å².